The van der Waals surface area contributed by atoms with Crippen LogP contribution < -0.4 is 21.3 Å². The third-order valence-electron chi connectivity index (χ3n) is 7.57. The van der Waals surface area contributed by atoms with Crippen molar-refractivity contribution < 1.29 is 38.2 Å². The summed E-state index contributed by atoms with van der Waals surface area (Å²) in [6.07, 6.45) is 6.95. The van der Waals surface area contributed by atoms with Gasteiger partial charge in [-0.1, -0.05) is 70.9 Å². The minimum absolute atomic E-state index is 0.0344. The fourth-order valence-corrected chi connectivity index (χ4v) is 5.01. The average Bonchev–Trinajstić information content (AvgIpc) is 3.94. The van der Waals surface area contributed by atoms with Crippen LogP contribution in [-0.2, 0) is 28.7 Å². The highest BCUT2D eigenvalue weighted by Gasteiger charge is 2.19. The van der Waals surface area contributed by atoms with Gasteiger partial charge in [0, 0.05) is 37.6 Å². The summed E-state index contributed by atoms with van der Waals surface area (Å²) < 4.78 is 8.68. The lowest BCUT2D eigenvalue weighted by molar-refractivity contribution is -0.129. The van der Waals surface area contributed by atoms with Crippen molar-refractivity contribution in [2.45, 2.75) is 66.2 Å². The van der Waals surface area contributed by atoms with Crippen molar-refractivity contribution in [3.05, 3.63) is 60.7 Å². The number of nitrogens with one attached hydrogen (secondary N) is 4. The van der Waals surface area contributed by atoms with E-state index < -0.39 is 12.2 Å². The summed E-state index contributed by atoms with van der Waals surface area (Å²) in [5.74, 6) is -0.0780. The maximum Gasteiger partial charge on any atom is 0.407 e. The lowest BCUT2D eigenvalue weighted by Gasteiger charge is -2.14. The molecule has 2 fully saturated rings. The molecule has 3 aromatic carbocycles. The first kappa shape index (κ1) is 46.4. The Morgan fingerprint density at radius 3 is 1.37 bits per heavy atom. The van der Waals surface area contributed by atoms with E-state index in [2.05, 4.69) is 64.5 Å². The van der Waals surface area contributed by atoms with Crippen molar-refractivity contribution in [2.24, 2.45) is 0 Å². The van der Waals surface area contributed by atoms with E-state index in [1.165, 1.54) is 27.1 Å². The van der Waals surface area contributed by atoms with Crippen LogP contribution in [0.3, 0.4) is 0 Å². The highest BCUT2D eigenvalue weighted by atomic mass is 16.5. The van der Waals surface area contributed by atoms with E-state index >= 15 is 0 Å². The molecule has 4 N–H and O–H groups in total. The Labute approximate surface area is 319 Å². The molecule has 0 spiro atoms. The van der Waals surface area contributed by atoms with Gasteiger partial charge in [-0.15, -0.1) is 0 Å². The van der Waals surface area contributed by atoms with Gasteiger partial charge < -0.3 is 40.5 Å². The molecule has 14 nitrogen and oxygen atoms in total. The van der Waals surface area contributed by atoms with Gasteiger partial charge in [-0.05, 0) is 77.9 Å². The molecule has 296 valence electrons. The van der Waals surface area contributed by atoms with Crippen molar-refractivity contribution in [3.63, 3.8) is 0 Å². The van der Waals surface area contributed by atoms with Crippen LogP contribution in [0.25, 0.3) is 21.9 Å². The lowest BCUT2D eigenvalue weighted by Crippen LogP contribution is -2.38. The SMILES string of the molecule is CCC.CCC.COC(=O)NCC(=O)N1CCCC1.COC(=O)NCC(=O)N1CCCC1.O=CNc1ccc(-c2ccc3cc(NC=O)ccc3c2)cc1. The van der Waals surface area contributed by atoms with Gasteiger partial charge in [-0.25, -0.2) is 9.59 Å². The normalized spacial score (nSPS) is 12.3. The Balaban J connectivity index is 0.000000395. The molecule has 2 heterocycles. The zero-order valence-electron chi connectivity index (χ0n) is 32.6. The van der Waals surface area contributed by atoms with Gasteiger partial charge >= 0.3 is 12.2 Å². The minimum Gasteiger partial charge on any atom is -0.453 e. The number of methoxy groups -OCH3 is 2. The van der Waals surface area contributed by atoms with Gasteiger partial charge in [0.1, 0.15) is 13.1 Å². The molecule has 6 amide bonds. The molecule has 0 atom stereocenters. The fourth-order valence-electron chi connectivity index (χ4n) is 5.01. The number of likely N-dealkylation sites (tertiary alicyclic amines) is 2. The molecular weight excluding hydrogens is 692 g/mol. The molecule has 14 heteroatoms. The van der Waals surface area contributed by atoms with Crippen LogP contribution in [0.2, 0.25) is 0 Å². The van der Waals surface area contributed by atoms with Crippen LogP contribution in [0.15, 0.2) is 60.7 Å². The molecule has 5 rings (SSSR count). The predicted octanol–water partition coefficient (Wildman–Crippen LogP) is 6.41. The lowest BCUT2D eigenvalue weighted by atomic mass is 10.0. The maximum absolute atomic E-state index is 11.3. The van der Waals surface area contributed by atoms with Crippen molar-refractivity contribution in [1.82, 2.24) is 20.4 Å². The number of ether oxygens (including phenoxy) is 2. The summed E-state index contributed by atoms with van der Waals surface area (Å²) in [5.41, 5.74) is 3.72. The zero-order chi connectivity index (χ0) is 40.1. The van der Waals surface area contributed by atoms with E-state index in [1.807, 2.05) is 54.6 Å². The minimum atomic E-state index is -0.562. The second kappa shape index (κ2) is 27.9. The van der Waals surface area contributed by atoms with E-state index in [1.54, 1.807) is 9.80 Å². The first-order valence-electron chi connectivity index (χ1n) is 18.3. The number of nitrogens with zero attached hydrogens (tertiary/aromatic N) is 2. The monoisotopic (exact) mass is 750 g/mol. The smallest absolute Gasteiger partial charge is 0.407 e. The number of carbonyl (C=O) groups is 6. The second-order valence-electron chi connectivity index (χ2n) is 12.2. The first-order chi connectivity index (χ1) is 26.1. The molecule has 54 heavy (non-hydrogen) atoms. The number of benzene rings is 3. The maximum atomic E-state index is 11.3. The van der Waals surface area contributed by atoms with Crippen LogP contribution in [0.1, 0.15) is 66.2 Å². The van der Waals surface area contributed by atoms with Crippen LogP contribution in [0, 0.1) is 0 Å². The molecule has 3 aromatic rings. The van der Waals surface area contributed by atoms with Gasteiger partial charge in [0.05, 0.1) is 14.2 Å². The average molecular weight is 751 g/mol. The molecule has 2 aliphatic heterocycles. The topological polar surface area (TPSA) is 175 Å². The largest absolute Gasteiger partial charge is 0.453 e. The molecule has 0 aliphatic carbocycles. The summed E-state index contributed by atoms with van der Waals surface area (Å²) in [6, 6.07) is 19.6. The number of carbonyl (C=O) groups excluding carboxylic acids is 6. The van der Waals surface area contributed by atoms with Crippen LogP contribution in [0.5, 0.6) is 0 Å². The van der Waals surface area contributed by atoms with Crippen LogP contribution in [-0.4, -0.2) is 100 Å². The molecule has 0 saturated carbocycles. The number of hydrogen-bond acceptors (Lipinski definition) is 8. The van der Waals surface area contributed by atoms with E-state index in [0.29, 0.717) is 12.8 Å². The molecule has 0 unspecified atom stereocenters. The number of hydrogen-bond donors (Lipinski definition) is 4. The van der Waals surface area contributed by atoms with Crippen molar-refractivity contribution in [3.8, 4) is 11.1 Å². The molecule has 0 radical (unpaired) electrons. The number of amides is 6. The van der Waals surface area contributed by atoms with Gasteiger partial charge in [0.25, 0.3) is 0 Å². The second-order valence-corrected chi connectivity index (χ2v) is 12.2. The van der Waals surface area contributed by atoms with Gasteiger partial charge in [-0.2, -0.15) is 0 Å². The standard InChI is InChI=1S/C18H14N2O2.2C8H14N2O3.2C3H8/c21-11-19-17-6-3-13(4-7-17)14-1-2-16-10-18(20-12-22)8-5-15(16)9-14;2*1-13-8(12)9-6-7(11)10-4-2-3-5-10;2*1-3-2/h1-12H,(H,19,21)(H,20,22);2*2-6H2,1H3,(H,9,12);2*3H2,1-2H3. The highest BCUT2D eigenvalue weighted by molar-refractivity contribution is 5.91. The molecule has 0 bridgehead atoms. The van der Waals surface area contributed by atoms with Gasteiger partial charge in [0.15, 0.2) is 0 Å². The summed E-state index contributed by atoms with van der Waals surface area (Å²) >= 11 is 0. The Kier molecular flexibility index (Phi) is 24.0. The number of fused-ring (bicyclic) bond motifs is 1. The number of alkyl carbamates (subject to hydrolysis) is 2. The van der Waals surface area contributed by atoms with E-state index in [4.69, 9.17) is 0 Å². The number of rotatable bonds is 9. The van der Waals surface area contributed by atoms with E-state index in [-0.39, 0.29) is 24.9 Å². The molecule has 0 aromatic heterocycles. The highest BCUT2D eigenvalue weighted by Crippen LogP contribution is 2.27. The summed E-state index contributed by atoms with van der Waals surface area (Å²) in [7, 11) is 2.55. The summed E-state index contributed by atoms with van der Waals surface area (Å²) in [6.45, 7) is 11.8. The third kappa shape index (κ3) is 18.2. The Bertz CT molecular complexity index is 1530. The Hall–Kier alpha value is -5.66. The number of anilines is 2. The van der Waals surface area contributed by atoms with E-state index in [9.17, 15) is 28.8 Å². The predicted molar refractivity (Wildman–Crippen MR) is 213 cm³/mol. The summed E-state index contributed by atoms with van der Waals surface area (Å²) in [4.78, 5) is 68.3. The van der Waals surface area contributed by atoms with Crippen molar-refractivity contribution in [1.29, 1.82) is 0 Å². The first-order valence-corrected chi connectivity index (χ1v) is 18.3. The molecule has 2 aliphatic rings. The summed E-state index contributed by atoms with van der Waals surface area (Å²) in [5, 5.41) is 12.1. The van der Waals surface area contributed by atoms with Crippen molar-refractivity contribution in [2.75, 3.05) is 64.1 Å². The Morgan fingerprint density at radius 2 is 0.944 bits per heavy atom. The van der Waals surface area contributed by atoms with Gasteiger partial charge in [-0.3, -0.25) is 19.2 Å². The zero-order valence-corrected chi connectivity index (χ0v) is 32.6. The van der Waals surface area contributed by atoms with E-state index in [0.717, 1.165) is 85.1 Å². The quantitative estimate of drug-likeness (QED) is 0.182. The molecular formula is C40H58N6O8. The Morgan fingerprint density at radius 1 is 0.574 bits per heavy atom. The van der Waals surface area contributed by atoms with Crippen molar-refractivity contribution >= 4 is 59.0 Å². The molecule has 2 saturated heterocycles. The third-order valence-corrected chi connectivity index (χ3v) is 7.57. The van der Waals surface area contributed by atoms with Crippen LogP contribution in [0.4, 0.5) is 21.0 Å². The van der Waals surface area contributed by atoms with Crippen LogP contribution >= 0.6 is 0 Å². The fraction of sp³-hybridized carbons (Fsp3) is 0.450. The van der Waals surface area contributed by atoms with Gasteiger partial charge in [0.2, 0.25) is 24.6 Å².